The predicted molar refractivity (Wildman–Crippen MR) is 64.5 cm³/mol. The van der Waals surface area contributed by atoms with E-state index >= 15 is 0 Å². The van der Waals surface area contributed by atoms with Gasteiger partial charge >= 0.3 is 5.97 Å². The normalized spacial score (nSPS) is 11.3. The molecule has 0 saturated heterocycles. The van der Waals surface area contributed by atoms with Crippen molar-refractivity contribution in [3.63, 3.8) is 0 Å². The van der Waals surface area contributed by atoms with E-state index < -0.39 is 5.60 Å². The Balaban J connectivity index is 2.89. The molecule has 0 unspecified atom stereocenters. The molecule has 0 aliphatic rings. The van der Waals surface area contributed by atoms with Gasteiger partial charge in [-0.1, -0.05) is 17.7 Å². The van der Waals surface area contributed by atoms with Crippen LogP contribution in [-0.4, -0.2) is 11.6 Å². The lowest BCUT2D eigenvalue weighted by Crippen LogP contribution is -2.23. The summed E-state index contributed by atoms with van der Waals surface area (Å²) in [7, 11) is 0. The summed E-state index contributed by atoms with van der Waals surface area (Å²) in [6.07, 6.45) is 0. The molecule has 0 heterocycles. The van der Waals surface area contributed by atoms with E-state index in [1.54, 1.807) is 18.2 Å². The minimum atomic E-state index is -0.504. The number of halogens is 1. The summed E-state index contributed by atoms with van der Waals surface area (Å²) < 4.78 is 5.22. The fourth-order valence-electron chi connectivity index (χ4n) is 1.18. The minimum absolute atomic E-state index is 0.355. The summed E-state index contributed by atoms with van der Waals surface area (Å²) in [5.41, 5.74) is 6.23. The average Bonchev–Trinajstić information content (AvgIpc) is 2.15. The second-order valence-electron chi connectivity index (χ2n) is 4.51. The van der Waals surface area contributed by atoms with Crippen LogP contribution < -0.4 is 5.73 Å². The van der Waals surface area contributed by atoms with E-state index in [0.29, 0.717) is 17.1 Å². The zero-order valence-corrected chi connectivity index (χ0v) is 10.5. The first-order chi connectivity index (χ1) is 7.33. The molecule has 1 rings (SSSR count). The number of hydrogen-bond acceptors (Lipinski definition) is 3. The summed E-state index contributed by atoms with van der Waals surface area (Å²) in [6.45, 7) is 5.82. The van der Waals surface area contributed by atoms with Gasteiger partial charge in [-0.3, -0.25) is 0 Å². The lowest BCUT2D eigenvalue weighted by Gasteiger charge is -2.19. The van der Waals surface area contributed by atoms with Crippen molar-refractivity contribution in [2.45, 2.75) is 32.9 Å². The molecule has 2 N–H and O–H groups in total. The highest BCUT2D eigenvalue weighted by atomic mass is 35.5. The van der Waals surface area contributed by atoms with E-state index in [9.17, 15) is 4.79 Å². The van der Waals surface area contributed by atoms with Crippen molar-refractivity contribution in [1.82, 2.24) is 0 Å². The molecule has 0 atom stereocenters. The van der Waals surface area contributed by atoms with Gasteiger partial charge in [-0.15, -0.1) is 0 Å². The zero-order chi connectivity index (χ0) is 12.3. The van der Waals surface area contributed by atoms with Gasteiger partial charge in [-0.2, -0.15) is 0 Å². The average molecular weight is 242 g/mol. The smallest absolute Gasteiger partial charge is 0.338 e. The lowest BCUT2D eigenvalue weighted by molar-refractivity contribution is 0.00695. The first-order valence-electron chi connectivity index (χ1n) is 5.05. The van der Waals surface area contributed by atoms with Gasteiger partial charge in [0.1, 0.15) is 5.60 Å². The highest BCUT2D eigenvalue weighted by Crippen LogP contribution is 2.19. The molecule has 4 heteroatoms. The van der Waals surface area contributed by atoms with Gasteiger partial charge in [0, 0.05) is 11.6 Å². The molecule has 0 aromatic heterocycles. The SMILES string of the molecule is CC(C)(C)OC(=O)c1ccc(CN)c(Cl)c1. The van der Waals surface area contributed by atoms with Gasteiger partial charge < -0.3 is 10.5 Å². The number of hydrogen-bond donors (Lipinski definition) is 1. The van der Waals surface area contributed by atoms with Crippen molar-refractivity contribution in [1.29, 1.82) is 0 Å². The number of carbonyl (C=O) groups is 1. The lowest BCUT2D eigenvalue weighted by atomic mass is 10.1. The molecule has 88 valence electrons. The molecule has 0 spiro atoms. The van der Waals surface area contributed by atoms with Gasteiger partial charge in [0.2, 0.25) is 0 Å². The van der Waals surface area contributed by atoms with E-state index in [1.165, 1.54) is 0 Å². The molecule has 0 aliphatic heterocycles. The van der Waals surface area contributed by atoms with Crippen molar-refractivity contribution in [2.75, 3.05) is 0 Å². The Morgan fingerprint density at radius 1 is 1.44 bits per heavy atom. The topological polar surface area (TPSA) is 52.3 Å². The van der Waals surface area contributed by atoms with Gasteiger partial charge in [-0.25, -0.2) is 4.79 Å². The number of esters is 1. The first-order valence-corrected chi connectivity index (χ1v) is 5.43. The Bertz CT molecular complexity index is 396. The van der Waals surface area contributed by atoms with E-state index in [0.717, 1.165) is 5.56 Å². The summed E-state index contributed by atoms with van der Waals surface area (Å²) in [4.78, 5) is 11.7. The van der Waals surface area contributed by atoms with Crippen molar-refractivity contribution < 1.29 is 9.53 Å². The molecule has 0 radical (unpaired) electrons. The Labute approximate surface area is 101 Å². The van der Waals surface area contributed by atoms with Crippen LogP contribution in [0, 0.1) is 0 Å². The summed E-state index contributed by atoms with van der Waals surface area (Å²) in [5.74, 6) is -0.377. The molecule has 0 saturated carbocycles. The van der Waals surface area contributed by atoms with E-state index in [1.807, 2.05) is 20.8 Å². The minimum Gasteiger partial charge on any atom is -0.456 e. The van der Waals surface area contributed by atoms with Crippen LogP contribution in [0.5, 0.6) is 0 Å². The number of carbonyl (C=O) groups excluding carboxylic acids is 1. The molecule has 3 nitrogen and oxygen atoms in total. The second-order valence-corrected chi connectivity index (χ2v) is 4.92. The number of ether oxygens (including phenoxy) is 1. The van der Waals surface area contributed by atoms with Gasteiger partial charge in [0.25, 0.3) is 0 Å². The standard InChI is InChI=1S/C12H16ClNO2/c1-12(2,3)16-11(15)8-4-5-9(7-14)10(13)6-8/h4-6H,7,14H2,1-3H3. The second kappa shape index (κ2) is 4.85. The Morgan fingerprint density at radius 3 is 2.50 bits per heavy atom. The zero-order valence-electron chi connectivity index (χ0n) is 9.71. The molecule has 0 amide bonds. The van der Waals surface area contributed by atoms with Crippen molar-refractivity contribution >= 4 is 17.6 Å². The third-order valence-corrected chi connectivity index (χ3v) is 2.26. The highest BCUT2D eigenvalue weighted by molar-refractivity contribution is 6.31. The van der Waals surface area contributed by atoms with Crippen LogP contribution in [0.1, 0.15) is 36.7 Å². The Morgan fingerprint density at radius 2 is 2.06 bits per heavy atom. The fraction of sp³-hybridized carbons (Fsp3) is 0.417. The van der Waals surface area contributed by atoms with Gasteiger partial charge in [0.15, 0.2) is 0 Å². The van der Waals surface area contributed by atoms with Crippen molar-refractivity contribution in [2.24, 2.45) is 5.73 Å². The van der Waals surface area contributed by atoms with E-state index in [2.05, 4.69) is 0 Å². The Kier molecular flexibility index (Phi) is 3.94. The molecule has 1 aromatic rings. The van der Waals surface area contributed by atoms with Crippen molar-refractivity contribution in [3.05, 3.63) is 34.3 Å². The Hall–Kier alpha value is -1.06. The van der Waals surface area contributed by atoms with Crippen LogP contribution >= 0.6 is 11.6 Å². The third-order valence-electron chi connectivity index (χ3n) is 1.91. The maximum atomic E-state index is 11.7. The molecule has 0 bridgehead atoms. The number of nitrogens with two attached hydrogens (primary N) is 1. The maximum Gasteiger partial charge on any atom is 0.338 e. The predicted octanol–water partition coefficient (Wildman–Crippen LogP) is 2.75. The fourth-order valence-corrected chi connectivity index (χ4v) is 1.43. The van der Waals surface area contributed by atoms with Gasteiger partial charge in [0.05, 0.1) is 5.56 Å². The van der Waals surface area contributed by atoms with Crippen molar-refractivity contribution in [3.8, 4) is 0 Å². The monoisotopic (exact) mass is 241 g/mol. The van der Waals surface area contributed by atoms with Crippen LogP contribution in [0.4, 0.5) is 0 Å². The van der Waals surface area contributed by atoms with Crippen LogP contribution in [0.15, 0.2) is 18.2 Å². The number of rotatable bonds is 2. The number of benzene rings is 1. The first kappa shape index (κ1) is 13.0. The van der Waals surface area contributed by atoms with Crippen LogP contribution in [-0.2, 0) is 11.3 Å². The molecule has 16 heavy (non-hydrogen) atoms. The summed E-state index contributed by atoms with van der Waals surface area (Å²) in [5, 5.41) is 0.492. The van der Waals surface area contributed by atoms with Crippen LogP contribution in [0.2, 0.25) is 5.02 Å². The molecule has 1 aromatic carbocycles. The summed E-state index contributed by atoms with van der Waals surface area (Å²) in [6, 6.07) is 4.99. The van der Waals surface area contributed by atoms with E-state index in [-0.39, 0.29) is 5.97 Å². The van der Waals surface area contributed by atoms with Gasteiger partial charge in [-0.05, 0) is 38.5 Å². The molecule has 0 fully saturated rings. The maximum absolute atomic E-state index is 11.7. The van der Waals surface area contributed by atoms with Crippen LogP contribution in [0.25, 0.3) is 0 Å². The largest absolute Gasteiger partial charge is 0.456 e. The van der Waals surface area contributed by atoms with E-state index in [4.69, 9.17) is 22.1 Å². The van der Waals surface area contributed by atoms with Crippen LogP contribution in [0.3, 0.4) is 0 Å². The molecular weight excluding hydrogens is 226 g/mol. The molecular formula is C12H16ClNO2. The third kappa shape index (κ3) is 3.51. The highest BCUT2D eigenvalue weighted by Gasteiger charge is 2.18. The summed E-state index contributed by atoms with van der Waals surface area (Å²) >= 11 is 5.96. The molecule has 0 aliphatic carbocycles. The quantitative estimate of drug-likeness (QED) is 0.810.